The van der Waals surface area contributed by atoms with E-state index >= 15 is 0 Å². The fourth-order valence-corrected chi connectivity index (χ4v) is 1.90. The maximum absolute atomic E-state index is 12.1. The molecule has 0 spiro atoms. The fourth-order valence-electron chi connectivity index (χ4n) is 1.74. The van der Waals surface area contributed by atoms with Crippen molar-refractivity contribution >= 4 is 34.8 Å². The number of nitrogens with one attached hydrogen (secondary N) is 3. The first-order valence-electron chi connectivity index (χ1n) is 6.10. The van der Waals surface area contributed by atoms with Crippen molar-refractivity contribution in [1.29, 1.82) is 0 Å². The highest BCUT2D eigenvalue weighted by Gasteiger charge is 2.12. The van der Waals surface area contributed by atoms with E-state index in [1.165, 1.54) is 26.3 Å². The van der Waals surface area contributed by atoms with Gasteiger partial charge < -0.3 is 20.4 Å². The van der Waals surface area contributed by atoms with Crippen LogP contribution < -0.4 is 15.4 Å². The van der Waals surface area contributed by atoms with Crippen molar-refractivity contribution < 1.29 is 14.3 Å². The lowest BCUT2D eigenvalue weighted by molar-refractivity contribution is -0.114. The second kappa shape index (κ2) is 6.32. The Labute approximate surface area is 126 Å². The van der Waals surface area contributed by atoms with Gasteiger partial charge in [-0.25, -0.2) is 0 Å². The molecule has 110 valence electrons. The average Bonchev–Trinajstić information content (AvgIpc) is 2.87. The van der Waals surface area contributed by atoms with Crippen LogP contribution in [0.4, 0.5) is 11.4 Å². The lowest BCUT2D eigenvalue weighted by Gasteiger charge is -2.12. The zero-order valence-electron chi connectivity index (χ0n) is 11.5. The minimum Gasteiger partial charge on any atom is -0.497 e. The van der Waals surface area contributed by atoms with Gasteiger partial charge in [-0.05, 0) is 18.2 Å². The van der Waals surface area contributed by atoms with Crippen molar-refractivity contribution in [3.05, 3.63) is 41.2 Å². The number of H-pyrrole nitrogens is 1. The Kier molecular flexibility index (Phi) is 4.49. The number of ether oxygens (including phenoxy) is 1. The maximum Gasteiger partial charge on any atom is 0.272 e. The number of benzene rings is 1. The number of amides is 2. The minimum atomic E-state index is -0.373. The number of aromatic nitrogens is 1. The van der Waals surface area contributed by atoms with Crippen LogP contribution >= 0.6 is 11.6 Å². The SMILES string of the molecule is COc1ccc(NC(C)=O)c(NC(=O)c2cc(Cl)c[nH]2)c1. The Hall–Kier alpha value is -2.47. The summed E-state index contributed by atoms with van der Waals surface area (Å²) in [5.41, 5.74) is 1.23. The third-order valence-electron chi connectivity index (χ3n) is 2.68. The summed E-state index contributed by atoms with van der Waals surface area (Å²) in [4.78, 5) is 26.1. The molecule has 1 aromatic heterocycles. The Morgan fingerprint density at radius 2 is 1.95 bits per heavy atom. The van der Waals surface area contributed by atoms with Gasteiger partial charge in [0.1, 0.15) is 11.4 Å². The highest BCUT2D eigenvalue weighted by atomic mass is 35.5. The van der Waals surface area contributed by atoms with Crippen LogP contribution in [-0.2, 0) is 4.79 Å². The zero-order chi connectivity index (χ0) is 15.4. The Balaban J connectivity index is 2.27. The number of anilines is 2. The molecule has 0 radical (unpaired) electrons. The summed E-state index contributed by atoms with van der Waals surface area (Å²) >= 11 is 5.77. The molecule has 0 fully saturated rings. The van der Waals surface area contributed by atoms with Crippen LogP contribution in [0.25, 0.3) is 0 Å². The molecular formula is C14H14ClN3O3. The van der Waals surface area contributed by atoms with Crippen LogP contribution in [-0.4, -0.2) is 23.9 Å². The molecule has 0 atom stereocenters. The normalized spacial score (nSPS) is 10.0. The molecule has 3 N–H and O–H groups in total. The van der Waals surface area contributed by atoms with Crippen molar-refractivity contribution in [2.45, 2.75) is 6.92 Å². The van der Waals surface area contributed by atoms with Gasteiger partial charge in [0.15, 0.2) is 0 Å². The smallest absolute Gasteiger partial charge is 0.272 e. The highest BCUT2D eigenvalue weighted by Crippen LogP contribution is 2.27. The van der Waals surface area contributed by atoms with E-state index in [4.69, 9.17) is 16.3 Å². The summed E-state index contributed by atoms with van der Waals surface area (Å²) in [7, 11) is 1.52. The number of halogens is 1. The molecule has 7 heteroatoms. The minimum absolute atomic E-state index is 0.237. The summed E-state index contributed by atoms with van der Waals surface area (Å²) < 4.78 is 5.11. The van der Waals surface area contributed by atoms with Crippen molar-refractivity contribution in [3.8, 4) is 5.75 Å². The van der Waals surface area contributed by atoms with E-state index in [9.17, 15) is 9.59 Å². The monoisotopic (exact) mass is 307 g/mol. The standard InChI is InChI=1S/C14H14ClN3O3/c1-8(19)17-11-4-3-10(21-2)6-12(11)18-14(20)13-5-9(15)7-16-13/h3-7,16H,1-2H3,(H,17,19)(H,18,20). The third kappa shape index (κ3) is 3.76. The van der Waals surface area contributed by atoms with Gasteiger partial charge in [0.25, 0.3) is 5.91 Å². The van der Waals surface area contributed by atoms with E-state index in [1.54, 1.807) is 18.2 Å². The van der Waals surface area contributed by atoms with Crippen molar-refractivity contribution in [1.82, 2.24) is 4.98 Å². The zero-order valence-corrected chi connectivity index (χ0v) is 12.2. The van der Waals surface area contributed by atoms with Crippen LogP contribution in [0.1, 0.15) is 17.4 Å². The molecular weight excluding hydrogens is 294 g/mol. The molecule has 0 saturated carbocycles. The van der Waals surface area contributed by atoms with E-state index in [1.807, 2.05) is 0 Å². The van der Waals surface area contributed by atoms with Crippen LogP contribution in [0.5, 0.6) is 5.75 Å². The van der Waals surface area contributed by atoms with Crippen molar-refractivity contribution in [3.63, 3.8) is 0 Å². The molecule has 0 aliphatic heterocycles. The topological polar surface area (TPSA) is 83.2 Å². The predicted molar refractivity (Wildman–Crippen MR) is 81.1 cm³/mol. The molecule has 0 saturated heterocycles. The highest BCUT2D eigenvalue weighted by molar-refractivity contribution is 6.31. The predicted octanol–water partition coefficient (Wildman–Crippen LogP) is 2.89. The number of carbonyl (C=O) groups is 2. The van der Waals surface area contributed by atoms with Gasteiger partial charge in [-0.3, -0.25) is 9.59 Å². The summed E-state index contributed by atoms with van der Waals surface area (Å²) in [6, 6.07) is 6.47. The number of rotatable bonds is 4. The quantitative estimate of drug-likeness (QED) is 0.812. The summed E-state index contributed by atoms with van der Waals surface area (Å²) in [6.07, 6.45) is 1.51. The molecule has 0 unspecified atom stereocenters. The van der Waals surface area contributed by atoms with Crippen LogP contribution in [0.3, 0.4) is 0 Å². The summed E-state index contributed by atoms with van der Waals surface area (Å²) in [5, 5.41) is 5.78. The summed E-state index contributed by atoms with van der Waals surface area (Å²) in [5.74, 6) is -0.0516. The van der Waals surface area contributed by atoms with E-state index in [0.29, 0.717) is 27.8 Å². The molecule has 2 aromatic rings. The van der Waals surface area contributed by atoms with Crippen molar-refractivity contribution in [2.75, 3.05) is 17.7 Å². The molecule has 0 aliphatic rings. The molecule has 1 heterocycles. The maximum atomic E-state index is 12.1. The Bertz CT molecular complexity index is 682. The first-order chi connectivity index (χ1) is 9.99. The second-order valence-corrected chi connectivity index (χ2v) is 4.71. The van der Waals surface area contributed by atoms with Gasteiger partial charge in [0, 0.05) is 19.2 Å². The van der Waals surface area contributed by atoms with Crippen LogP contribution in [0, 0.1) is 0 Å². The molecule has 0 bridgehead atoms. The molecule has 1 aromatic carbocycles. The van der Waals surface area contributed by atoms with Crippen LogP contribution in [0.2, 0.25) is 5.02 Å². The fraction of sp³-hybridized carbons (Fsp3) is 0.143. The number of methoxy groups -OCH3 is 1. The van der Waals surface area contributed by atoms with E-state index in [2.05, 4.69) is 15.6 Å². The van der Waals surface area contributed by atoms with Gasteiger partial charge in [0.05, 0.1) is 23.5 Å². The first-order valence-corrected chi connectivity index (χ1v) is 6.48. The van der Waals surface area contributed by atoms with Gasteiger partial charge in [-0.2, -0.15) is 0 Å². The van der Waals surface area contributed by atoms with Crippen LogP contribution in [0.15, 0.2) is 30.5 Å². The third-order valence-corrected chi connectivity index (χ3v) is 2.90. The summed E-state index contributed by atoms with van der Waals surface area (Å²) in [6.45, 7) is 1.39. The molecule has 21 heavy (non-hydrogen) atoms. The lowest BCUT2D eigenvalue weighted by Crippen LogP contribution is -2.15. The average molecular weight is 308 g/mol. The molecule has 6 nitrogen and oxygen atoms in total. The molecule has 2 amide bonds. The number of aromatic amines is 1. The van der Waals surface area contributed by atoms with E-state index < -0.39 is 0 Å². The molecule has 0 aliphatic carbocycles. The van der Waals surface area contributed by atoms with Gasteiger partial charge >= 0.3 is 0 Å². The first kappa shape index (κ1) is 14.9. The van der Waals surface area contributed by atoms with Crippen molar-refractivity contribution in [2.24, 2.45) is 0 Å². The number of hydrogen-bond donors (Lipinski definition) is 3. The number of hydrogen-bond acceptors (Lipinski definition) is 3. The Morgan fingerprint density at radius 1 is 1.19 bits per heavy atom. The van der Waals surface area contributed by atoms with Gasteiger partial charge in [-0.1, -0.05) is 11.6 Å². The lowest BCUT2D eigenvalue weighted by atomic mass is 10.2. The Morgan fingerprint density at radius 3 is 2.52 bits per heavy atom. The second-order valence-electron chi connectivity index (χ2n) is 4.28. The van der Waals surface area contributed by atoms with Gasteiger partial charge in [-0.15, -0.1) is 0 Å². The largest absolute Gasteiger partial charge is 0.497 e. The van der Waals surface area contributed by atoms with E-state index in [0.717, 1.165) is 0 Å². The van der Waals surface area contributed by atoms with E-state index in [-0.39, 0.29) is 11.8 Å². The van der Waals surface area contributed by atoms with Gasteiger partial charge in [0.2, 0.25) is 5.91 Å². The number of carbonyl (C=O) groups excluding carboxylic acids is 2. The molecule has 2 rings (SSSR count).